The number of aromatic nitrogens is 3. The van der Waals surface area contributed by atoms with Crippen molar-refractivity contribution in [2.75, 3.05) is 36.9 Å². The zero-order valence-corrected chi connectivity index (χ0v) is 29.7. The van der Waals surface area contributed by atoms with Crippen molar-refractivity contribution in [1.82, 2.24) is 24.8 Å². The minimum atomic E-state index is -4.86. The van der Waals surface area contributed by atoms with Crippen molar-refractivity contribution in [3.05, 3.63) is 29.1 Å². The van der Waals surface area contributed by atoms with Crippen molar-refractivity contribution >= 4 is 28.5 Å². The molecular weight excluding hydrogens is 689 g/mol. The Morgan fingerprint density at radius 1 is 1.13 bits per heavy atom. The molecule has 4 fully saturated rings. The molecule has 0 spiro atoms. The van der Waals surface area contributed by atoms with Gasteiger partial charge in [0.05, 0.1) is 29.2 Å². The van der Waals surface area contributed by atoms with Crippen molar-refractivity contribution in [3.63, 3.8) is 0 Å². The first kappa shape index (κ1) is 34.9. The molecule has 11 nitrogen and oxygen atoms in total. The standard InChI is InChI=1S/C36H42F5N7O4/c1-17-11-20(42)12-22(25(17)36(39,40)41)27-26(38)28-24-30(45-32(44-28)50-16-35-9-6-10-46(35)14-19(37)13-35)47-15-21-7-8-23(29(47)18(2)51-31(24)43-27)48(21)33(49)52-34(3,4)5/h11-12,18-19,21,23,29H,6-10,13-16,42H2,1-5H3/t18-,19+,21+,23-,29+,35-/m0/s1. The van der Waals surface area contributed by atoms with Crippen LogP contribution in [0.1, 0.15) is 70.9 Å². The number of rotatable bonds is 4. The van der Waals surface area contributed by atoms with E-state index in [1.165, 1.54) is 13.0 Å². The highest BCUT2D eigenvalue weighted by Crippen LogP contribution is 2.49. The Bertz CT molecular complexity index is 1960. The molecule has 1 aromatic carbocycles. The van der Waals surface area contributed by atoms with Gasteiger partial charge in [-0.3, -0.25) is 9.80 Å². The SMILES string of the molecule is Cc1cc(N)cc(-c2nc3c4c(nc(OC[C@@]56CCCN5C[C@H](F)C6)nc4c2F)N2C[C@H]4CC[C@@H]([C@H]2[C@H](C)O3)N4C(=O)OC(C)(C)C)c1C(F)(F)F. The van der Waals surface area contributed by atoms with Gasteiger partial charge in [0.1, 0.15) is 46.9 Å². The van der Waals surface area contributed by atoms with E-state index in [2.05, 4.69) is 14.9 Å². The molecular formula is C36H42F5N7O4. The predicted molar refractivity (Wildman–Crippen MR) is 182 cm³/mol. The number of amides is 1. The largest absolute Gasteiger partial charge is 0.472 e. The van der Waals surface area contributed by atoms with Crippen LogP contribution in [-0.2, 0) is 10.9 Å². The Hall–Kier alpha value is -4.21. The lowest BCUT2D eigenvalue weighted by Gasteiger charge is -2.48. The number of carbonyl (C=O) groups excluding carboxylic acids is 1. The summed E-state index contributed by atoms with van der Waals surface area (Å²) in [6, 6.07) is 0.822. The number of halogens is 5. The molecule has 8 rings (SSSR count). The van der Waals surface area contributed by atoms with E-state index < -0.39 is 70.4 Å². The molecule has 0 unspecified atom stereocenters. The summed E-state index contributed by atoms with van der Waals surface area (Å²) in [6.45, 7) is 9.77. The first-order valence-electron chi connectivity index (χ1n) is 17.8. The lowest BCUT2D eigenvalue weighted by atomic mass is 9.95. The predicted octanol–water partition coefficient (Wildman–Crippen LogP) is 6.43. The van der Waals surface area contributed by atoms with Crippen LogP contribution in [0.2, 0.25) is 0 Å². The third-order valence-corrected chi connectivity index (χ3v) is 11.2. The number of nitrogens with two attached hydrogens (primary N) is 1. The van der Waals surface area contributed by atoms with E-state index in [9.17, 15) is 22.4 Å². The first-order chi connectivity index (χ1) is 24.4. The van der Waals surface area contributed by atoms with Crippen LogP contribution in [-0.4, -0.2) is 98.6 Å². The summed E-state index contributed by atoms with van der Waals surface area (Å²) < 4.78 is 93.8. The quantitative estimate of drug-likeness (QED) is 0.238. The lowest BCUT2D eigenvalue weighted by Crippen LogP contribution is -2.65. The van der Waals surface area contributed by atoms with Gasteiger partial charge >= 0.3 is 18.3 Å². The van der Waals surface area contributed by atoms with Crippen LogP contribution in [0.3, 0.4) is 0 Å². The highest BCUT2D eigenvalue weighted by atomic mass is 19.4. The number of hydrogen-bond donors (Lipinski definition) is 1. The molecule has 280 valence electrons. The third kappa shape index (κ3) is 5.63. The van der Waals surface area contributed by atoms with E-state index in [1.54, 1.807) is 32.6 Å². The summed E-state index contributed by atoms with van der Waals surface area (Å²) in [7, 11) is 0. The second kappa shape index (κ2) is 11.9. The third-order valence-electron chi connectivity index (χ3n) is 11.2. The molecule has 4 saturated heterocycles. The number of piperazine rings is 1. The molecule has 2 aromatic heterocycles. The molecule has 6 atom stereocenters. The van der Waals surface area contributed by atoms with Gasteiger partial charge in [0.2, 0.25) is 5.88 Å². The Labute approximate surface area is 297 Å². The second-order valence-corrected chi connectivity index (χ2v) is 15.9. The van der Waals surface area contributed by atoms with Gasteiger partial charge in [-0.25, -0.2) is 18.6 Å². The summed E-state index contributed by atoms with van der Waals surface area (Å²) >= 11 is 0. The average Bonchev–Trinajstić information content (AvgIpc) is 3.64. The maximum atomic E-state index is 17.0. The normalized spacial score (nSPS) is 28.5. The number of aryl methyl sites for hydroxylation is 1. The van der Waals surface area contributed by atoms with Crippen LogP contribution in [0.15, 0.2) is 12.1 Å². The second-order valence-electron chi connectivity index (χ2n) is 15.9. The Morgan fingerprint density at radius 2 is 1.90 bits per heavy atom. The Balaban J connectivity index is 1.29. The molecule has 16 heteroatoms. The highest BCUT2D eigenvalue weighted by Gasteiger charge is 2.54. The van der Waals surface area contributed by atoms with Gasteiger partial charge in [-0.2, -0.15) is 23.1 Å². The fourth-order valence-corrected chi connectivity index (χ4v) is 9.29. The van der Waals surface area contributed by atoms with Crippen LogP contribution in [0, 0.1) is 12.7 Å². The number of anilines is 2. The summed E-state index contributed by atoms with van der Waals surface area (Å²) in [5.41, 5.74) is 1.89. The van der Waals surface area contributed by atoms with Gasteiger partial charge < -0.3 is 24.8 Å². The number of ether oxygens (including phenoxy) is 3. The van der Waals surface area contributed by atoms with Gasteiger partial charge in [-0.1, -0.05) is 0 Å². The maximum absolute atomic E-state index is 17.0. The summed E-state index contributed by atoms with van der Waals surface area (Å²) in [5.74, 6) is -1.05. The molecule has 2 bridgehead atoms. The fraction of sp³-hybridized carbons (Fsp3) is 0.611. The average molecular weight is 732 g/mol. The number of fused-ring (bicyclic) bond motifs is 6. The van der Waals surface area contributed by atoms with Crippen molar-refractivity contribution in [2.45, 2.75) is 114 Å². The van der Waals surface area contributed by atoms with Crippen LogP contribution in [0.5, 0.6) is 11.9 Å². The summed E-state index contributed by atoms with van der Waals surface area (Å²) in [5, 5.41) is 0.0765. The maximum Gasteiger partial charge on any atom is 0.417 e. The number of hydrogen-bond acceptors (Lipinski definition) is 10. The summed E-state index contributed by atoms with van der Waals surface area (Å²) in [6.07, 6.45) is -3.88. The minimum Gasteiger partial charge on any atom is -0.472 e. The molecule has 3 aromatic rings. The van der Waals surface area contributed by atoms with E-state index in [4.69, 9.17) is 24.9 Å². The van der Waals surface area contributed by atoms with Gasteiger partial charge in [0, 0.05) is 30.8 Å². The van der Waals surface area contributed by atoms with Crippen molar-refractivity contribution < 1.29 is 41.0 Å². The molecule has 1 amide bonds. The summed E-state index contributed by atoms with van der Waals surface area (Å²) in [4.78, 5) is 33.0. The zero-order chi connectivity index (χ0) is 37.1. The first-order valence-corrected chi connectivity index (χ1v) is 17.8. The van der Waals surface area contributed by atoms with Crippen molar-refractivity contribution in [3.8, 4) is 23.1 Å². The topological polar surface area (TPSA) is 119 Å². The monoisotopic (exact) mass is 731 g/mol. The number of pyridine rings is 1. The Kier molecular flexibility index (Phi) is 7.98. The van der Waals surface area contributed by atoms with E-state index in [0.29, 0.717) is 25.8 Å². The lowest BCUT2D eigenvalue weighted by molar-refractivity contribution is -0.137. The number of carbonyl (C=O) groups is 1. The van der Waals surface area contributed by atoms with Crippen LogP contribution < -0.4 is 20.1 Å². The van der Waals surface area contributed by atoms with Gasteiger partial charge in [0.15, 0.2) is 5.82 Å². The Morgan fingerprint density at radius 3 is 2.63 bits per heavy atom. The molecule has 5 aliphatic heterocycles. The molecule has 52 heavy (non-hydrogen) atoms. The minimum absolute atomic E-state index is 0.00663. The van der Waals surface area contributed by atoms with Gasteiger partial charge in [0.25, 0.3) is 0 Å². The zero-order valence-electron chi connectivity index (χ0n) is 29.7. The fourth-order valence-electron chi connectivity index (χ4n) is 9.29. The smallest absolute Gasteiger partial charge is 0.417 e. The molecule has 2 N–H and O–H groups in total. The van der Waals surface area contributed by atoms with E-state index in [0.717, 1.165) is 19.0 Å². The van der Waals surface area contributed by atoms with Crippen LogP contribution in [0.25, 0.3) is 22.2 Å². The van der Waals surface area contributed by atoms with Crippen molar-refractivity contribution in [1.29, 1.82) is 0 Å². The highest BCUT2D eigenvalue weighted by molar-refractivity contribution is 5.98. The molecule has 0 saturated carbocycles. The van der Waals surface area contributed by atoms with Crippen molar-refractivity contribution in [2.24, 2.45) is 0 Å². The van der Waals surface area contributed by atoms with Gasteiger partial charge in [-0.15, -0.1) is 0 Å². The number of benzene rings is 1. The van der Waals surface area contributed by atoms with Crippen LogP contribution >= 0.6 is 0 Å². The van der Waals surface area contributed by atoms with E-state index >= 15 is 4.39 Å². The number of alkyl halides is 4. The molecule has 0 aliphatic carbocycles. The number of nitrogen functional groups attached to an aromatic ring is 1. The van der Waals surface area contributed by atoms with E-state index in [1.807, 2.05) is 4.90 Å². The van der Waals surface area contributed by atoms with Gasteiger partial charge in [-0.05, 0) is 84.5 Å². The van der Waals surface area contributed by atoms with Crippen LogP contribution in [0.4, 0.5) is 38.3 Å². The number of nitrogens with zero attached hydrogens (tertiary/aromatic N) is 6. The molecule has 5 aliphatic rings. The molecule has 0 radical (unpaired) electrons. The molecule has 7 heterocycles. The van der Waals surface area contributed by atoms with E-state index in [-0.39, 0.29) is 65.5 Å².